The first-order valence-electron chi connectivity index (χ1n) is 6.02. The van der Waals surface area contributed by atoms with Gasteiger partial charge in [-0.15, -0.1) is 23.1 Å². The largest absolute Gasteiger partial charge is 0.396 e. The Morgan fingerprint density at radius 1 is 1.60 bits per heavy atom. The van der Waals surface area contributed by atoms with Gasteiger partial charge >= 0.3 is 0 Å². The molecule has 1 atom stereocenters. The average molecular weight is 311 g/mol. The third-order valence-electron chi connectivity index (χ3n) is 2.90. The number of nitrogens with one attached hydrogen (secondary N) is 3. The molecule has 108 valence electrons. The van der Waals surface area contributed by atoms with E-state index in [2.05, 4.69) is 20.8 Å². The zero-order valence-corrected chi connectivity index (χ0v) is 13.1. The predicted octanol–water partition coefficient (Wildman–Crippen LogP) is 2.31. The lowest BCUT2D eigenvalue weighted by molar-refractivity contribution is 0.0968. The molecule has 8 heteroatoms. The smallest absolute Gasteiger partial charge is 0.263 e. The summed E-state index contributed by atoms with van der Waals surface area (Å²) in [5.74, 6) is -0.160. The summed E-state index contributed by atoms with van der Waals surface area (Å²) in [5, 5.41) is 13.6. The molecule has 0 aliphatic heterocycles. The lowest BCUT2D eigenvalue weighted by atomic mass is 10.2. The van der Waals surface area contributed by atoms with E-state index in [0.717, 1.165) is 15.5 Å². The van der Waals surface area contributed by atoms with Crippen LogP contribution in [0.4, 0.5) is 10.7 Å². The minimum Gasteiger partial charge on any atom is -0.396 e. The van der Waals surface area contributed by atoms with E-state index in [-0.39, 0.29) is 11.9 Å². The number of hydrogen-bond acceptors (Lipinski definition) is 6. The van der Waals surface area contributed by atoms with E-state index in [1.54, 1.807) is 13.2 Å². The van der Waals surface area contributed by atoms with Gasteiger partial charge in [0.15, 0.2) is 0 Å². The van der Waals surface area contributed by atoms with Crippen LogP contribution in [0.1, 0.15) is 28.2 Å². The van der Waals surface area contributed by atoms with Gasteiger partial charge in [-0.05, 0) is 13.2 Å². The van der Waals surface area contributed by atoms with Crippen molar-refractivity contribution in [1.29, 1.82) is 0 Å². The molecule has 0 bridgehead atoms. The maximum atomic E-state index is 11.8. The van der Waals surface area contributed by atoms with Crippen molar-refractivity contribution in [3.05, 3.63) is 22.8 Å². The summed E-state index contributed by atoms with van der Waals surface area (Å²) in [6, 6.07) is 0.0789. The number of aromatic amines is 1. The maximum Gasteiger partial charge on any atom is 0.263 e. The number of hydrogen-bond donors (Lipinski definition) is 4. The minimum atomic E-state index is -0.160. The quantitative estimate of drug-likeness (QED) is 0.636. The van der Waals surface area contributed by atoms with Crippen LogP contribution in [0.5, 0.6) is 0 Å². The number of amides is 1. The molecule has 1 amide bonds. The molecule has 0 aliphatic carbocycles. The molecule has 2 aromatic rings. The van der Waals surface area contributed by atoms with Crippen LogP contribution in [-0.4, -0.2) is 29.4 Å². The molecule has 0 saturated carbocycles. The first-order valence-corrected chi connectivity index (χ1v) is 8.06. The SMILES string of the molecule is CNC(=O)c1sc(NC(C)c2cn[nH]c2)c(SC)c1N. The number of carbonyl (C=O) groups is 1. The second-order valence-corrected chi connectivity index (χ2v) is 6.02. The number of H-pyrrole nitrogens is 1. The third-order valence-corrected chi connectivity index (χ3v) is 5.00. The highest BCUT2D eigenvalue weighted by atomic mass is 32.2. The summed E-state index contributed by atoms with van der Waals surface area (Å²) < 4.78 is 0. The lowest BCUT2D eigenvalue weighted by Crippen LogP contribution is -2.17. The summed E-state index contributed by atoms with van der Waals surface area (Å²) in [5.41, 5.74) is 7.63. The molecule has 5 N–H and O–H groups in total. The molecule has 0 radical (unpaired) electrons. The van der Waals surface area contributed by atoms with Crippen LogP contribution in [0.15, 0.2) is 17.3 Å². The van der Waals surface area contributed by atoms with Crippen molar-refractivity contribution < 1.29 is 4.79 Å². The second kappa shape index (κ2) is 6.19. The van der Waals surface area contributed by atoms with Crippen LogP contribution in [0.3, 0.4) is 0 Å². The number of nitrogens with zero attached hydrogens (tertiary/aromatic N) is 1. The first-order chi connectivity index (χ1) is 9.58. The van der Waals surface area contributed by atoms with E-state index >= 15 is 0 Å². The van der Waals surface area contributed by atoms with Crippen molar-refractivity contribution in [2.75, 3.05) is 24.4 Å². The van der Waals surface area contributed by atoms with Crippen molar-refractivity contribution in [3.63, 3.8) is 0 Å². The number of thioether (sulfide) groups is 1. The zero-order valence-electron chi connectivity index (χ0n) is 11.5. The number of nitrogen functional groups attached to an aromatic ring is 1. The number of carbonyl (C=O) groups excluding carboxylic acids is 1. The van der Waals surface area contributed by atoms with E-state index in [1.807, 2.05) is 19.4 Å². The molecule has 2 aromatic heterocycles. The van der Waals surface area contributed by atoms with Gasteiger partial charge in [-0.2, -0.15) is 5.10 Å². The van der Waals surface area contributed by atoms with Gasteiger partial charge in [-0.1, -0.05) is 0 Å². The van der Waals surface area contributed by atoms with E-state index < -0.39 is 0 Å². The van der Waals surface area contributed by atoms with Gasteiger partial charge in [0, 0.05) is 18.8 Å². The fourth-order valence-corrected chi connectivity index (χ4v) is 3.84. The summed E-state index contributed by atoms with van der Waals surface area (Å²) >= 11 is 2.90. The molecule has 6 nitrogen and oxygen atoms in total. The van der Waals surface area contributed by atoms with E-state index in [1.165, 1.54) is 23.1 Å². The van der Waals surface area contributed by atoms with Crippen LogP contribution in [0.2, 0.25) is 0 Å². The Kier molecular flexibility index (Phi) is 4.56. The number of rotatable bonds is 5. The highest BCUT2D eigenvalue weighted by Crippen LogP contribution is 2.42. The van der Waals surface area contributed by atoms with E-state index in [0.29, 0.717) is 10.6 Å². The molecule has 2 rings (SSSR count). The second-order valence-electron chi connectivity index (χ2n) is 4.18. The Morgan fingerprint density at radius 2 is 2.35 bits per heavy atom. The van der Waals surface area contributed by atoms with E-state index in [4.69, 9.17) is 5.73 Å². The van der Waals surface area contributed by atoms with Crippen molar-refractivity contribution in [2.24, 2.45) is 0 Å². The highest BCUT2D eigenvalue weighted by Gasteiger charge is 2.21. The normalized spacial score (nSPS) is 12.2. The fourth-order valence-electron chi connectivity index (χ4n) is 1.79. The highest BCUT2D eigenvalue weighted by molar-refractivity contribution is 7.99. The maximum absolute atomic E-state index is 11.8. The summed E-state index contributed by atoms with van der Waals surface area (Å²) in [6.45, 7) is 2.03. The molecule has 1 unspecified atom stereocenters. The Labute approximate surface area is 125 Å². The van der Waals surface area contributed by atoms with Crippen LogP contribution >= 0.6 is 23.1 Å². The molecule has 0 spiro atoms. The van der Waals surface area contributed by atoms with E-state index in [9.17, 15) is 4.79 Å². The number of aromatic nitrogens is 2. The van der Waals surface area contributed by atoms with Gasteiger partial charge < -0.3 is 16.4 Å². The Morgan fingerprint density at radius 3 is 2.90 bits per heavy atom. The zero-order chi connectivity index (χ0) is 14.7. The molecule has 2 heterocycles. The standard InChI is InChI=1S/C12H17N5OS2/c1-6(7-4-15-16-5-7)17-12-10(19-3)8(13)9(20-12)11(18)14-2/h4-6,17H,13H2,1-3H3,(H,14,18)(H,15,16). The Hall–Kier alpha value is -1.67. The number of anilines is 2. The predicted molar refractivity (Wildman–Crippen MR) is 84.5 cm³/mol. The van der Waals surface area contributed by atoms with Crippen molar-refractivity contribution >= 4 is 39.7 Å². The summed E-state index contributed by atoms with van der Waals surface area (Å²) in [6.07, 6.45) is 5.56. The minimum absolute atomic E-state index is 0.0789. The van der Waals surface area contributed by atoms with Crippen molar-refractivity contribution in [1.82, 2.24) is 15.5 Å². The summed E-state index contributed by atoms with van der Waals surface area (Å²) in [7, 11) is 1.60. The van der Waals surface area contributed by atoms with Crippen LogP contribution in [0.25, 0.3) is 0 Å². The number of nitrogens with two attached hydrogens (primary N) is 1. The van der Waals surface area contributed by atoms with Crippen LogP contribution in [-0.2, 0) is 0 Å². The topological polar surface area (TPSA) is 95.8 Å². The van der Waals surface area contributed by atoms with Gasteiger partial charge in [0.2, 0.25) is 0 Å². The van der Waals surface area contributed by atoms with Crippen molar-refractivity contribution in [3.8, 4) is 0 Å². The molecule has 0 aromatic carbocycles. The van der Waals surface area contributed by atoms with Crippen LogP contribution < -0.4 is 16.4 Å². The molecular formula is C12H17N5OS2. The van der Waals surface area contributed by atoms with Gasteiger partial charge in [0.05, 0.1) is 22.8 Å². The molecule has 20 heavy (non-hydrogen) atoms. The monoisotopic (exact) mass is 311 g/mol. The molecular weight excluding hydrogens is 294 g/mol. The summed E-state index contributed by atoms with van der Waals surface area (Å²) in [4.78, 5) is 13.2. The van der Waals surface area contributed by atoms with Gasteiger partial charge in [0.25, 0.3) is 5.91 Å². The molecule has 0 fully saturated rings. The van der Waals surface area contributed by atoms with Crippen molar-refractivity contribution in [2.45, 2.75) is 17.9 Å². The molecule has 0 aliphatic rings. The van der Waals surface area contributed by atoms with Crippen LogP contribution in [0, 0.1) is 0 Å². The first kappa shape index (κ1) is 14.7. The molecule has 0 saturated heterocycles. The number of thiophene rings is 1. The Balaban J connectivity index is 2.29. The van der Waals surface area contributed by atoms with Gasteiger partial charge in [-0.3, -0.25) is 9.89 Å². The van der Waals surface area contributed by atoms with Gasteiger partial charge in [-0.25, -0.2) is 0 Å². The average Bonchev–Trinajstić information content (AvgIpc) is 3.06. The fraction of sp³-hybridized carbons (Fsp3) is 0.333. The third kappa shape index (κ3) is 2.75. The Bertz CT molecular complexity index is 593. The lowest BCUT2D eigenvalue weighted by Gasteiger charge is -2.13. The van der Waals surface area contributed by atoms with Gasteiger partial charge in [0.1, 0.15) is 9.88 Å².